The highest BCUT2D eigenvalue weighted by atomic mass is 32.2. The van der Waals surface area contributed by atoms with Crippen LogP contribution < -0.4 is 5.32 Å². The van der Waals surface area contributed by atoms with E-state index in [1.807, 2.05) is 11.8 Å². The Morgan fingerprint density at radius 1 is 1.18 bits per heavy atom. The molecule has 94 valence electrons. The number of rotatable bonds is 4. The second kappa shape index (κ2) is 6.43. The molecule has 2 rings (SSSR count). The zero-order valence-corrected chi connectivity index (χ0v) is 11.5. The summed E-state index contributed by atoms with van der Waals surface area (Å²) >= 11 is 1.95. The van der Waals surface area contributed by atoms with Gasteiger partial charge < -0.3 is 5.32 Å². The van der Waals surface area contributed by atoms with Gasteiger partial charge in [0, 0.05) is 42.4 Å². The Kier molecular flexibility index (Phi) is 4.89. The van der Waals surface area contributed by atoms with Crippen LogP contribution in [0.2, 0.25) is 0 Å². The first kappa shape index (κ1) is 12.9. The van der Waals surface area contributed by atoms with Crippen LogP contribution in [0.15, 0.2) is 35.2 Å². The minimum Gasteiger partial charge on any atom is -0.309 e. The molecule has 1 fully saturated rings. The topological polar surface area (TPSA) is 15.3 Å². The first-order valence-corrected chi connectivity index (χ1v) is 7.39. The van der Waals surface area contributed by atoms with E-state index in [1.54, 1.807) is 0 Å². The van der Waals surface area contributed by atoms with Crippen LogP contribution in [0.1, 0.15) is 13.8 Å². The molecule has 1 heterocycles. The molecule has 17 heavy (non-hydrogen) atoms. The average Bonchev–Trinajstić information content (AvgIpc) is 2.29. The molecule has 0 bridgehead atoms. The van der Waals surface area contributed by atoms with Crippen molar-refractivity contribution in [1.29, 1.82) is 0 Å². The van der Waals surface area contributed by atoms with E-state index >= 15 is 0 Å². The van der Waals surface area contributed by atoms with Crippen molar-refractivity contribution in [1.82, 2.24) is 10.2 Å². The predicted octanol–water partition coefficient (Wildman–Crippen LogP) is 2.46. The lowest BCUT2D eigenvalue weighted by molar-refractivity contribution is 0.183. The van der Waals surface area contributed by atoms with E-state index in [2.05, 4.69) is 54.4 Å². The standard InChI is InChI=1S/C14H22N2S/c1-12-10-16(11-13(2)15-12)8-9-17-14-6-4-3-5-7-14/h3-7,12-13,15H,8-11H2,1-2H3. The highest BCUT2D eigenvalue weighted by Gasteiger charge is 2.19. The number of hydrogen-bond donors (Lipinski definition) is 1. The van der Waals surface area contributed by atoms with Gasteiger partial charge in [-0.05, 0) is 26.0 Å². The first-order chi connectivity index (χ1) is 8.24. The zero-order chi connectivity index (χ0) is 12.1. The molecule has 0 aliphatic carbocycles. The maximum absolute atomic E-state index is 3.57. The summed E-state index contributed by atoms with van der Waals surface area (Å²) in [6.07, 6.45) is 0. The van der Waals surface area contributed by atoms with Gasteiger partial charge in [-0.2, -0.15) is 0 Å². The molecule has 3 heteroatoms. The van der Waals surface area contributed by atoms with Crippen LogP contribution in [0.5, 0.6) is 0 Å². The van der Waals surface area contributed by atoms with Crippen LogP contribution in [-0.2, 0) is 0 Å². The van der Waals surface area contributed by atoms with Gasteiger partial charge in [0.25, 0.3) is 0 Å². The average molecular weight is 250 g/mol. The maximum Gasteiger partial charge on any atom is 0.0169 e. The van der Waals surface area contributed by atoms with Gasteiger partial charge in [0.2, 0.25) is 0 Å². The van der Waals surface area contributed by atoms with Crippen LogP contribution in [0.4, 0.5) is 0 Å². The predicted molar refractivity (Wildman–Crippen MR) is 75.7 cm³/mol. The second-order valence-electron chi connectivity index (χ2n) is 4.89. The quantitative estimate of drug-likeness (QED) is 0.827. The van der Waals surface area contributed by atoms with Crippen molar-refractivity contribution in [2.45, 2.75) is 30.8 Å². The van der Waals surface area contributed by atoms with Crippen LogP contribution in [0.25, 0.3) is 0 Å². The third-order valence-corrected chi connectivity index (χ3v) is 4.04. The molecule has 2 unspecified atom stereocenters. The highest BCUT2D eigenvalue weighted by molar-refractivity contribution is 7.99. The van der Waals surface area contributed by atoms with E-state index in [4.69, 9.17) is 0 Å². The fourth-order valence-electron chi connectivity index (χ4n) is 2.43. The highest BCUT2D eigenvalue weighted by Crippen LogP contribution is 2.17. The summed E-state index contributed by atoms with van der Waals surface area (Å²) in [6.45, 7) is 8.09. The summed E-state index contributed by atoms with van der Waals surface area (Å²) in [5.74, 6) is 1.18. The minimum absolute atomic E-state index is 0.625. The summed E-state index contributed by atoms with van der Waals surface area (Å²) in [6, 6.07) is 11.9. The fourth-order valence-corrected chi connectivity index (χ4v) is 3.37. The number of nitrogens with one attached hydrogen (secondary N) is 1. The lowest BCUT2D eigenvalue weighted by atomic mass is 10.1. The van der Waals surface area contributed by atoms with Gasteiger partial charge in [0.05, 0.1) is 0 Å². The van der Waals surface area contributed by atoms with E-state index in [0.717, 1.165) is 0 Å². The number of thioether (sulfide) groups is 1. The smallest absolute Gasteiger partial charge is 0.0169 e. The molecule has 0 radical (unpaired) electrons. The van der Waals surface area contributed by atoms with E-state index < -0.39 is 0 Å². The van der Waals surface area contributed by atoms with Crippen molar-refractivity contribution in [3.8, 4) is 0 Å². The van der Waals surface area contributed by atoms with Crippen molar-refractivity contribution < 1.29 is 0 Å². The van der Waals surface area contributed by atoms with Gasteiger partial charge >= 0.3 is 0 Å². The van der Waals surface area contributed by atoms with Crippen LogP contribution in [-0.4, -0.2) is 42.4 Å². The SMILES string of the molecule is CC1CN(CCSc2ccccc2)CC(C)N1. The summed E-state index contributed by atoms with van der Waals surface area (Å²) < 4.78 is 0. The Bertz CT molecular complexity index is 318. The Balaban J connectivity index is 1.71. The molecule has 1 saturated heterocycles. The summed E-state index contributed by atoms with van der Waals surface area (Å²) in [4.78, 5) is 3.95. The molecule has 0 aromatic heterocycles. The Labute approximate surface area is 109 Å². The zero-order valence-electron chi connectivity index (χ0n) is 10.7. The molecule has 2 atom stereocenters. The molecule has 1 N–H and O–H groups in total. The van der Waals surface area contributed by atoms with Gasteiger partial charge in [0.1, 0.15) is 0 Å². The Morgan fingerprint density at radius 3 is 2.47 bits per heavy atom. The summed E-state index contributed by atoms with van der Waals surface area (Å²) in [5.41, 5.74) is 0. The Hall–Kier alpha value is -0.510. The van der Waals surface area contributed by atoms with Gasteiger partial charge in [-0.15, -0.1) is 11.8 Å². The largest absolute Gasteiger partial charge is 0.309 e. The van der Waals surface area contributed by atoms with E-state index in [9.17, 15) is 0 Å². The molecule has 0 amide bonds. The van der Waals surface area contributed by atoms with Crippen molar-refractivity contribution >= 4 is 11.8 Å². The van der Waals surface area contributed by atoms with Gasteiger partial charge in [0.15, 0.2) is 0 Å². The van der Waals surface area contributed by atoms with Gasteiger partial charge in [-0.1, -0.05) is 18.2 Å². The monoisotopic (exact) mass is 250 g/mol. The first-order valence-electron chi connectivity index (χ1n) is 6.40. The molecular formula is C14H22N2S. The number of hydrogen-bond acceptors (Lipinski definition) is 3. The lowest BCUT2D eigenvalue weighted by Crippen LogP contribution is -2.54. The third kappa shape index (κ3) is 4.34. The number of piperazine rings is 1. The molecule has 1 aliphatic rings. The fraction of sp³-hybridized carbons (Fsp3) is 0.571. The maximum atomic E-state index is 3.57. The number of benzene rings is 1. The molecular weight excluding hydrogens is 228 g/mol. The van der Waals surface area contributed by atoms with Crippen molar-refractivity contribution in [3.05, 3.63) is 30.3 Å². The van der Waals surface area contributed by atoms with Crippen molar-refractivity contribution in [2.75, 3.05) is 25.4 Å². The van der Waals surface area contributed by atoms with Crippen LogP contribution in [0.3, 0.4) is 0 Å². The third-order valence-electron chi connectivity index (χ3n) is 3.05. The molecule has 0 saturated carbocycles. The molecule has 1 aliphatic heterocycles. The summed E-state index contributed by atoms with van der Waals surface area (Å²) in [5, 5.41) is 3.57. The van der Waals surface area contributed by atoms with E-state index in [1.165, 1.54) is 30.3 Å². The van der Waals surface area contributed by atoms with Crippen molar-refractivity contribution in [3.63, 3.8) is 0 Å². The van der Waals surface area contributed by atoms with Crippen LogP contribution in [0, 0.1) is 0 Å². The number of nitrogens with zero attached hydrogens (tertiary/aromatic N) is 1. The van der Waals surface area contributed by atoms with Gasteiger partial charge in [-0.3, -0.25) is 4.90 Å². The van der Waals surface area contributed by atoms with Crippen molar-refractivity contribution in [2.24, 2.45) is 0 Å². The minimum atomic E-state index is 0.625. The summed E-state index contributed by atoms with van der Waals surface area (Å²) in [7, 11) is 0. The van der Waals surface area contributed by atoms with E-state index in [0.29, 0.717) is 12.1 Å². The Morgan fingerprint density at radius 2 is 1.82 bits per heavy atom. The molecule has 1 aromatic carbocycles. The van der Waals surface area contributed by atoms with E-state index in [-0.39, 0.29) is 0 Å². The van der Waals surface area contributed by atoms with Gasteiger partial charge in [-0.25, -0.2) is 0 Å². The van der Waals surface area contributed by atoms with Crippen LogP contribution >= 0.6 is 11.8 Å². The normalized spacial score (nSPS) is 26.0. The molecule has 1 aromatic rings. The molecule has 2 nitrogen and oxygen atoms in total. The lowest BCUT2D eigenvalue weighted by Gasteiger charge is -2.36. The second-order valence-corrected chi connectivity index (χ2v) is 6.06. The molecule has 0 spiro atoms.